The van der Waals surface area contributed by atoms with Gasteiger partial charge in [0.1, 0.15) is 0 Å². The Kier molecular flexibility index (Phi) is 4.12. The Morgan fingerprint density at radius 3 is 1.71 bits per heavy atom. The van der Waals surface area contributed by atoms with Crippen molar-refractivity contribution in [3.63, 3.8) is 0 Å². The molecule has 0 spiro atoms. The average Bonchev–Trinajstić information content (AvgIpc) is 2.56. The summed E-state index contributed by atoms with van der Waals surface area (Å²) in [6, 6.07) is 20.4. The second kappa shape index (κ2) is 6.37. The second-order valence-corrected chi connectivity index (χ2v) is 5.06. The summed E-state index contributed by atoms with van der Waals surface area (Å²) in [6.45, 7) is 0. The van der Waals surface area contributed by atoms with Gasteiger partial charge in [0.2, 0.25) is 5.95 Å². The molecule has 21 heavy (non-hydrogen) atoms. The SMILES string of the molecule is Clc1cnc(NC(c2ccccc2)c2ccccc2)nc1. The number of nitrogens with zero attached hydrogens (tertiary/aromatic N) is 2. The first kappa shape index (κ1) is 13.6. The highest BCUT2D eigenvalue weighted by atomic mass is 35.5. The van der Waals surface area contributed by atoms with E-state index in [1.165, 1.54) is 0 Å². The normalized spacial score (nSPS) is 10.6. The van der Waals surface area contributed by atoms with Gasteiger partial charge < -0.3 is 5.32 Å². The molecule has 3 nitrogen and oxygen atoms in total. The van der Waals surface area contributed by atoms with Crippen LogP contribution in [-0.4, -0.2) is 9.97 Å². The molecule has 4 heteroatoms. The Hall–Kier alpha value is -2.39. The van der Waals surface area contributed by atoms with E-state index in [0.717, 1.165) is 11.1 Å². The minimum atomic E-state index is -0.00595. The molecule has 0 fully saturated rings. The number of hydrogen-bond donors (Lipinski definition) is 1. The third-order valence-electron chi connectivity index (χ3n) is 3.16. The van der Waals surface area contributed by atoms with Gasteiger partial charge >= 0.3 is 0 Å². The van der Waals surface area contributed by atoms with Gasteiger partial charge in [-0.2, -0.15) is 0 Å². The minimum Gasteiger partial charge on any atom is -0.343 e. The van der Waals surface area contributed by atoms with Gasteiger partial charge in [-0.1, -0.05) is 72.3 Å². The molecule has 1 aromatic heterocycles. The summed E-state index contributed by atoms with van der Waals surface area (Å²) in [5, 5.41) is 3.88. The Morgan fingerprint density at radius 2 is 1.24 bits per heavy atom. The first-order valence-electron chi connectivity index (χ1n) is 6.67. The van der Waals surface area contributed by atoms with Crippen molar-refractivity contribution in [2.24, 2.45) is 0 Å². The van der Waals surface area contributed by atoms with Crippen molar-refractivity contribution >= 4 is 17.5 Å². The Labute approximate surface area is 128 Å². The first-order chi connectivity index (χ1) is 10.3. The molecule has 3 aromatic rings. The van der Waals surface area contributed by atoms with E-state index in [9.17, 15) is 0 Å². The van der Waals surface area contributed by atoms with E-state index in [-0.39, 0.29) is 6.04 Å². The fourth-order valence-corrected chi connectivity index (χ4v) is 2.26. The van der Waals surface area contributed by atoms with E-state index in [4.69, 9.17) is 11.6 Å². The van der Waals surface area contributed by atoms with E-state index in [1.54, 1.807) is 12.4 Å². The van der Waals surface area contributed by atoms with Crippen molar-refractivity contribution in [3.05, 3.63) is 89.2 Å². The lowest BCUT2D eigenvalue weighted by Gasteiger charge is -2.19. The molecule has 1 heterocycles. The molecule has 0 saturated carbocycles. The Balaban J connectivity index is 1.95. The van der Waals surface area contributed by atoms with Crippen molar-refractivity contribution in [2.45, 2.75) is 6.04 Å². The largest absolute Gasteiger partial charge is 0.343 e. The maximum absolute atomic E-state index is 5.83. The quantitative estimate of drug-likeness (QED) is 0.778. The second-order valence-electron chi connectivity index (χ2n) is 4.62. The molecule has 0 unspecified atom stereocenters. The van der Waals surface area contributed by atoms with Crippen molar-refractivity contribution in [2.75, 3.05) is 5.32 Å². The predicted molar refractivity (Wildman–Crippen MR) is 85.4 cm³/mol. The van der Waals surface area contributed by atoms with Crippen LogP contribution in [0.3, 0.4) is 0 Å². The summed E-state index contributed by atoms with van der Waals surface area (Å²) in [5.74, 6) is 0.553. The lowest BCUT2D eigenvalue weighted by molar-refractivity contribution is 0.908. The summed E-state index contributed by atoms with van der Waals surface area (Å²) in [4.78, 5) is 8.43. The van der Waals surface area contributed by atoms with E-state index >= 15 is 0 Å². The molecule has 0 saturated heterocycles. The Bertz CT molecular complexity index is 645. The fourth-order valence-electron chi connectivity index (χ4n) is 2.17. The van der Waals surface area contributed by atoms with Crippen LogP contribution in [-0.2, 0) is 0 Å². The Morgan fingerprint density at radius 1 is 0.762 bits per heavy atom. The summed E-state index contributed by atoms with van der Waals surface area (Å²) in [7, 11) is 0. The van der Waals surface area contributed by atoms with Gasteiger partial charge in [-0.25, -0.2) is 9.97 Å². The summed E-state index contributed by atoms with van der Waals surface area (Å²) < 4.78 is 0. The summed E-state index contributed by atoms with van der Waals surface area (Å²) in [5.41, 5.74) is 2.31. The average molecular weight is 296 g/mol. The zero-order chi connectivity index (χ0) is 14.5. The molecule has 2 aromatic carbocycles. The molecule has 1 N–H and O–H groups in total. The van der Waals surface area contributed by atoms with E-state index < -0.39 is 0 Å². The van der Waals surface area contributed by atoms with Crippen molar-refractivity contribution < 1.29 is 0 Å². The molecule has 0 atom stereocenters. The molecule has 0 aliphatic rings. The van der Waals surface area contributed by atoms with Crippen LogP contribution in [0.15, 0.2) is 73.1 Å². The molecule has 104 valence electrons. The zero-order valence-corrected chi connectivity index (χ0v) is 12.0. The van der Waals surface area contributed by atoms with Gasteiger partial charge in [0.15, 0.2) is 0 Å². The number of nitrogens with one attached hydrogen (secondary N) is 1. The molecule has 0 bridgehead atoms. The highest BCUT2D eigenvalue weighted by molar-refractivity contribution is 6.30. The fraction of sp³-hybridized carbons (Fsp3) is 0.0588. The molecular formula is C17H14ClN3. The van der Waals surface area contributed by atoms with Crippen molar-refractivity contribution in [1.82, 2.24) is 9.97 Å². The van der Waals surface area contributed by atoms with Gasteiger partial charge in [0.05, 0.1) is 23.5 Å². The van der Waals surface area contributed by atoms with Gasteiger partial charge in [-0.3, -0.25) is 0 Å². The topological polar surface area (TPSA) is 37.8 Å². The number of rotatable bonds is 4. The van der Waals surface area contributed by atoms with Crippen LogP contribution in [0.1, 0.15) is 17.2 Å². The van der Waals surface area contributed by atoms with Crippen LogP contribution in [0.5, 0.6) is 0 Å². The van der Waals surface area contributed by atoms with Crippen LogP contribution in [0.25, 0.3) is 0 Å². The maximum atomic E-state index is 5.83. The summed E-state index contributed by atoms with van der Waals surface area (Å²) in [6.07, 6.45) is 3.17. The highest BCUT2D eigenvalue weighted by Crippen LogP contribution is 2.25. The lowest BCUT2D eigenvalue weighted by Crippen LogP contribution is -2.14. The predicted octanol–water partition coefficient (Wildman–Crippen LogP) is 4.33. The third kappa shape index (κ3) is 3.38. The van der Waals surface area contributed by atoms with E-state index in [1.807, 2.05) is 36.4 Å². The summed E-state index contributed by atoms with van der Waals surface area (Å²) >= 11 is 5.83. The van der Waals surface area contributed by atoms with Crippen LogP contribution < -0.4 is 5.32 Å². The van der Waals surface area contributed by atoms with Gasteiger partial charge in [-0.05, 0) is 11.1 Å². The molecule has 0 amide bonds. The van der Waals surface area contributed by atoms with Crippen LogP contribution in [0.4, 0.5) is 5.95 Å². The first-order valence-corrected chi connectivity index (χ1v) is 7.05. The van der Waals surface area contributed by atoms with Gasteiger partial charge in [0, 0.05) is 0 Å². The van der Waals surface area contributed by atoms with Crippen LogP contribution in [0.2, 0.25) is 5.02 Å². The van der Waals surface area contributed by atoms with Crippen molar-refractivity contribution in [1.29, 1.82) is 0 Å². The number of benzene rings is 2. The molecular weight excluding hydrogens is 282 g/mol. The van der Waals surface area contributed by atoms with Gasteiger partial charge in [-0.15, -0.1) is 0 Å². The van der Waals surface area contributed by atoms with Crippen LogP contribution >= 0.6 is 11.6 Å². The standard InChI is InChI=1S/C17H14ClN3/c18-15-11-19-17(20-12-15)21-16(13-7-3-1-4-8-13)14-9-5-2-6-10-14/h1-12,16H,(H,19,20,21). The number of hydrogen-bond acceptors (Lipinski definition) is 3. The van der Waals surface area contributed by atoms with Crippen molar-refractivity contribution in [3.8, 4) is 0 Å². The van der Waals surface area contributed by atoms with E-state index in [2.05, 4.69) is 39.6 Å². The maximum Gasteiger partial charge on any atom is 0.223 e. The monoisotopic (exact) mass is 295 g/mol. The van der Waals surface area contributed by atoms with Gasteiger partial charge in [0.25, 0.3) is 0 Å². The lowest BCUT2D eigenvalue weighted by atomic mass is 9.99. The minimum absolute atomic E-state index is 0.00595. The highest BCUT2D eigenvalue weighted by Gasteiger charge is 2.14. The molecule has 3 rings (SSSR count). The number of halogens is 1. The zero-order valence-electron chi connectivity index (χ0n) is 11.3. The molecule has 0 aliphatic heterocycles. The number of anilines is 1. The number of aromatic nitrogens is 2. The van der Waals surface area contributed by atoms with E-state index in [0.29, 0.717) is 11.0 Å². The third-order valence-corrected chi connectivity index (χ3v) is 3.35. The molecule has 0 radical (unpaired) electrons. The van der Waals surface area contributed by atoms with Crippen LogP contribution in [0, 0.1) is 0 Å². The smallest absolute Gasteiger partial charge is 0.223 e. The molecule has 0 aliphatic carbocycles.